The van der Waals surface area contributed by atoms with Gasteiger partial charge in [-0.3, -0.25) is 4.79 Å². The van der Waals surface area contributed by atoms with Crippen molar-refractivity contribution >= 4 is 34.5 Å². The molecule has 0 fully saturated rings. The van der Waals surface area contributed by atoms with E-state index in [1.54, 1.807) is 5.51 Å². The van der Waals surface area contributed by atoms with Gasteiger partial charge >= 0.3 is 0 Å². The number of carbonyl (C=O) groups excluding carboxylic acids is 1. The molecule has 0 aliphatic carbocycles. The molecule has 1 aromatic rings. The largest absolute Gasteiger partial charge is 0.393 e. The summed E-state index contributed by atoms with van der Waals surface area (Å²) in [6.07, 6.45) is 1.57. The number of rotatable bonds is 6. The fraction of sp³-hybridized carbons (Fsp3) is 0.500. The number of carbonyl (C=O) groups is 1. The zero-order valence-corrected chi connectivity index (χ0v) is 10.7. The van der Waals surface area contributed by atoms with Crippen LogP contribution in [0.4, 0.5) is 0 Å². The van der Waals surface area contributed by atoms with E-state index in [0.29, 0.717) is 13.0 Å². The Morgan fingerprint density at radius 1 is 1.75 bits per heavy atom. The van der Waals surface area contributed by atoms with Gasteiger partial charge in [0, 0.05) is 5.38 Å². The molecular weight excluding hydrogens is 242 g/mol. The van der Waals surface area contributed by atoms with Gasteiger partial charge in [-0.1, -0.05) is 25.6 Å². The molecule has 4 nitrogen and oxygen atoms in total. The first-order chi connectivity index (χ1) is 7.65. The predicted octanol–water partition coefficient (Wildman–Crippen LogP) is 1.46. The Labute approximate surface area is 104 Å². The maximum Gasteiger partial charge on any atom is 0.230 e. The summed E-state index contributed by atoms with van der Waals surface area (Å²) >= 11 is 6.38. The normalized spacial score (nSPS) is 12.1. The summed E-state index contributed by atoms with van der Waals surface area (Å²) in [5.41, 5.74) is 8.12. The fourth-order valence-corrected chi connectivity index (χ4v) is 2.10. The minimum Gasteiger partial charge on any atom is -0.393 e. The summed E-state index contributed by atoms with van der Waals surface area (Å²) in [4.78, 5) is 16.1. The molecule has 16 heavy (non-hydrogen) atoms. The average molecular weight is 257 g/mol. The van der Waals surface area contributed by atoms with Gasteiger partial charge in [0.25, 0.3) is 0 Å². The van der Waals surface area contributed by atoms with Crippen molar-refractivity contribution < 1.29 is 4.79 Å². The Morgan fingerprint density at radius 2 is 2.50 bits per heavy atom. The van der Waals surface area contributed by atoms with E-state index in [4.69, 9.17) is 18.0 Å². The number of nitrogens with two attached hydrogens (primary N) is 1. The Hall–Kier alpha value is -1.01. The van der Waals surface area contributed by atoms with Crippen molar-refractivity contribution in [3.8, 4) is 0 Å². The zero-order valence-electron chi connectivity index (χ0n) is 9.10. The number of nitrogens with zero attached hydrogens (tertiary/aromatic N) is 1. The van der Waals surface area contributed by atoms with E-state index in [1.807, 2.05) is 12.3 Å². The lowest BCUT2D eigenvalue weighted by molar-refractivity contribution is -0.123. The third-order valence-corrected chi connectivity index (χ3v) is 3.08. The topological polar surface area (TPSA) is 68.0 Å². The van der Waals surface area contributed by atoms with Crippen LogP contribution in [0.15, 0.2) is 10.9 Å². The quantitative estimate of drug-likeness (QED) is 0.757. The molecular formula is C10H15N3OS2. The van der Waals surface area contributed by atoms with Crippen molar-refractivity contribution in [3.63, 3.8) is 0 Å². The molecule has 1 unspecified atom stereocenters. The molecule has 1 rings (SSSR count). The second-order valence-corrected chi connectivity index (χ2v) is 4.63. The molecule has 0 spiro atoms. The highest BCUT2D eigenvalue weighted by atomic mass is 32.1. The molecule has 0 bridgehead atoms. The molecule has 6 heteroatoms. The highest BCUT2D eigenvalue weighted by Gasteiger charge is 2.19. The van der Waals surface area contributed by atoms with Crippen LogP contribution in [0.2, 0.25) is 0 Å². The number of nitrogens with one attached hydrogen (secondary N) is 1. The maximum atomic E-state index is 11.8. The second kappa shape index (κ2) is 6.55. The fourth-order valence-electron chi connectivity index (χ4n) is 1.32. The van der Waals surface area contributed by atoms with Crippen LogP contribution >= 0.6 is 23.6 Å². The van der Waals surface area contributed by atoms with Gasteiger partial charge in [-0.2, -0.15) is 0 Å². The minimum absolute atomic E-state index is 0.109. The van der Waals surface area contributed by atoms with Crippen LogP contribution in [-0.2, 0) is 11.3 Å². The first kappa shape index (κ1) is 13.1. The van der Waals surface area contributed by atoms with Gasteiger partial charge in [-0.25, -0.2) is 4.98 Å². The molecule has 0 aliphatic rings. The molecule has 1 atom stereocenters. The number of thiazole rings is 1. The first-order valence-corrected chi connectivity index (χ1v) is 6.44. The van der Waals surface area contributed by atoms with Gasteiger partial charge in [-0.05, 0) is 6.42 Å². The van der Waals surface area contributed by atoms with Crippen molar-refractivity contribution in [2.75, 3.05) is 0 Å². The molecule has 0 aliphatic heterocycles. The van der Waals surface area contributed by atoms with Crippen molar-refractivity contribution in [1.29, 1.82) is 0 Å². The summed E-state index contributed by atoms with van der Waals surface area (Å²) in [5, 5.41) is 4.69. The van der Waals surface area contributed by atoms with Gasteiger partial charge in [0.05, 0.1) is 28.7 Å². The van der Waals surface area contributed by atoms with Gasteiger partial charge in [0.2, 0.25) is 5.91 Å². The van der Waals surface area contributed by atoms with Crippen LogP contribution in [0.5, 0.6) is 0 Å². The van der Waals surface area contributed by atoms with Crippen molar-refractivity contribution in [2.45, 2.75) is 26.3 Å². The Morgan fingerprint density at radius 3 is 3.00 bits per heavy atom. The number of thiocarbonyl (C=S) groups is 1. The lowest BCUT2D eigenvalue weighted by Crippen LogP contribution is -2.37. The van der Waals surface area contributed by atoms with Crippen molar-refractivity contribution in [2.24, 2.45) is 11.7 Å². The highest BCUT2D eigenvalue weighted by Crippen LogP contribution is 2.08. The van der Waals surface area contributed by atoms with Gasteiger partial charge in [0.1, 0.15) is 0 Å². The monoisotopic (exact) mass is 257 g/mol. The van der Waals surface area contributed by atoms with Crippen LogP contribution in [0, 0.1) is 5.92 Å². The maximum absolute atomic E-state index is 11.8. The van der Waals surface area contributed by atoms with E-state index < -0.39 is 0 Å². The second-order valence-electron chi connectivity index (χ2n) is 3.44. The van der Waals surface area contributed by atoms with E-state index >= 15 is 0 Å². The SMILES string of the molecule is CCCC(C(=O)NCc1cscn1)C(N)=S. The molecule has 1 heterocycles. The zero-order chi connectivity index (χ0) is 12.0. The van der Waals surface area contributed by atoms with Crippen LogP contribution in [0.1, 0.15) is 25.5 Å². The third-order valence-electron chi connectivity index (χ3n) is 2.16. The number of amides is 1. The summed E-state index contributed by atoms with van der Waals surface area (Å²) < 4.78 is 0. The van der Waals surface area contributed by atoms with Crippen LogP contribution in [-0.4, -0.2) is 15.9 Å². The van der Waals surface area contributed by atoms with Gasteiger partial charge < -0.3 is 11.1 Å². The standard InChI is InChI=1S/C10H15N3OS2/c1-2-3-8(9(11)15)10(14)12-4-7-5-16-6-13-7/h5-6,8H,2-4H2,1H3,(H2,11,15)(H,12,14). The predicted molar refractivity (Wildman–Crippen MR) is 69.1 cm³/mol. The van der Waals surface area contributed by atoms with Crippen LogP contribution in [0.25, 0.3) is 0 Å². The number of aromatic nitrogens is 1. The molecule has 1 amide bonds. The van der Waals surface area contributed by atoms with E-state index in [9.17, 15) is 4.79 Å². The van der Waals surface area contributed by atoms with E-state index in [0.717, 1.165) is 12.1 Å². The van der Waals surface area contributed by atoms with Gasteiger partial charge in [0.15, 0.2) is 0 Å². The van der Waals surface area contributed by atoms with Crippen LogP contribution in [0.3, 0.4) is 0 Å². The minimum atomic E-state index is -0.362. The lowest BCUT2D eigenvalue weighted by atomic mass is 10.0. The molecule has 0 saturated carbocycles. The van der Waals surface area contributed by atoms with E-state index in [1.165, 1.54) is 11.3 Å². The molecule has 3 N–H and O–H groups in total. The smallest absolute Gasteiger partial charge is 0.230 e. The average Bonchev–Trinajstić information content (AvgIpc) is 2.75. The van der Waals surface area contributed by atoms with E-state index in [2.05, 4.69) is 10.3 Å². The Bertz CT molecular complexity index is 351. The van der Waals surface area contributed by atoms with Crippen LogP contribution < -0.4 is 11.1 Å². The van der Waals surface area contributed by atoms with E-state index in [-0.39, 0.29) is 16.8 Å². The summed E-state index contributed by atoms with van der Waals surface area (Å²) in [7, 11) is 0. The summed E-state index contributed by atoms with van der Waals surface area (Å²) in [5.74, 6) is -0.471. The molecule has 88 valence electrons. The Balaban J connectivity index is 2.46. The van der Waals surface area contributed by atoms with Gasteiger partial charge in [-0.15, -0.1) is 11.3 Å². The lowest BCUT2D eigenvalue weighted by Gasteiger charge is -2.13. The molecule has 0 aromatic carbocycles. The molecule has 0 saturated heterocycles. The number of hydrogen-bond donors (Lipinski definition) is 2. The van der Waals surface area contributed by atoms with Crippen molar-refractivity contribution in [3.05, 3.63) is 16.6 Å². The third kappa shape index (κ3) is 3.86. The number of hydrogen-bond acceptors (Lipinski definition) is 4. The summed E-state index contributed by atoms with van der Waals surface area (Å²) in [6.45, 7) is 2.43. The molecule has 0 radical (unpaired) electrons. The highest BCUT2D eigenvalue weighted by molar-refractivity contribution is 7.80. The van der Waals surface area contributed by atoms with Crippen molar-refractivity contribution in [1.82, 2.24) is 10.3 Å². The first-order valence-electron chi connectivity index (χ1n) is 5.09. The summed E-state index contributed by atoms with van der Waals surface area (Å²) in [6, 6.07) is 0. The Kier molecular flexibility index (Phi) is 5.34. The molecule has 1 aromatic heterocycles.